The van der Waals surface area contributed by atoms with Crippen LogP contribution in [0, 0.1) is 0 Å². The number of alkyl halides is 3. The monoisotopic (exact) mass is 309 g/mol. The standard InChI is InChI=1S/C12H14F3NO3S/c1-9-8-16(6-7-19-9)20(17,18)11-5-3-2-4-10(11)12(13,14)15/h2-5,9H,6-8H2,1H3/t9-/m1/s1. The predicted octanol–water partition coefficient (Wildman–Crippen LogP) is 2.11. The van der Waals surface area contributed by atoms with Gasteiger partial charge in [0.25, 0.3) is 0 Å². The van der Waals surface area contributed by atoms with Crippen LogP contribution in [0.3, 0.4) is 0 Å². The number of nitrogens with zero attached hydrogens (tertiary/aromatic N) is 1. The summed E-state index contributed by atoms with van der Waals surface area (Å²) in [6, 6.07) is 4.21. The Balaban J connectivity index is 2.45. The van der Waals surface area contributed by atoms with E-state index in [4.69, 9.17) is 4.74 Å². The van der Waals surface area contributed by atoms with Gasteiger partial charge in [0.05, 0.1) is 23.2 Å². The number of halogens is 3. The van der Waals surface area contributed by atoms with Gasteiger partial charge in [0.2, 0.25) is 10.0 Å². The molecule has 1 fully saturated rings. The number of rotatable bonds is 2. The molecule has 1 aromatic rings. The van der Waals surface area contributed by atoms with Crippen LogP contribution < -0.4 is 0 Å². The zero-order valence-electron chi connectivity index (χ0n) is 10.7. The van der Waals surface area contributed by atoms with E-state index in [0.29, 0.717) is 0 Å². The van der Waals surface area contributed by atoms with E-state index < -0.39 is 26.7 Å². The molecule has 0 unspecified atom stereocenters. The molecule has 0 radical (unpaired) electrons. The molecule has 2 rings (SSSR count). The van der Waals surface area contributed by atoms with Crippen LogP contribution in [0.15, 0.2) is 29.2 Å². The van der Waals surface area contributed by atoms with Gasteiger partial charge in [-0.25, -0.2) is 8.42 Å². The molecule has 0 aromatic heterocycles. The molecule has 112 valence electrons. The molecule has 0 aliphatic carbocycles. The summed E-state index contributed by atoms with van der Waals surface area (Å²) in [6.45, 7) is 1.96. The summed E-state index contributed by atoms with van der Waals surface area (Å²) in [7, 11) is -4.18. The molecule has 8 heteroatoms. The molecule has 1 atom stereocenters. The zero-order valence-corrected chi connectivity index (χ0v) is 11.5. The van der Waals surface area contributed by atoms with Gasteiger partial charge >= 0.3 is 6.18 Å². The van der Waals surface area contributed by atoms with Gasteiger partial charge in [0.1, 0.15) is 0 Å². The quantitative estimate of drug-likeness (QED) is 0.840. The maximum absolute atomic E-state index is 12.9. The second-order valence-electron chi connectivity index (χ2n) is 4.54. The highest BCUT2D eigenvalue weighted by atomic mass is 32.2. The maximum Gasteiger partial charge on any atom is 0.417 e. The van der Waals surface area contributed by atoms with E-state index in [1.165, 1.54) is 12.1 Å². The summed E-state index contributed by atoms with van der Waals surface area (Å²) in [5.41, 5.74) is -1.14. The van der Waals surface area contributed by atoms with Crippen LogP contribution in [0.4, 0.5) is 13.2 Å². The van der Waals surface area contributed by atoms with E-state index >= 15 is 0 Å². The van der Waals surface area contributed by atoms with Gasteiger partial charge in [-0.15, -0.1) is 0 Å². The van der Waals surface area contributed by atoms with Crippen LogP contribution in [0.5, 0.6) is 0 Å². The third kappa shape index (κ3) is 2.97. The highest BCUT2D eigenvalue weighted by Crippen LogP contribution is 2.35. The van der Waals surface area contributed by atoms with Crippen LogP contribution in [0.25, 0.3) is 0 Å². The lowest BCUT2D eigenvalue weighted by Gasteiger charge is -2.31. The van der Waals surface area contributed by atoms with Crippen molar-refractivity contribution in [2.45, 2.75) is 24.1 Å². The lowest BCUT2D eigenvalue weighted by atomic mass is 10.2. The first-order valence-electron chi connectivity index (χ1n) is 6.01. The lowest BCUT2D eigenvalue weighted by molar-refractivity contribution is -0.139. The third-order valence-corrected chi connectivity index (χ3v) is 4.94. The Kier molecular flexibility index (Phi) is 4.08. The van der Waals surface area contributed by atoms with Crippen molar-refractivity contribution in [1.82, 2.24) is 4.31 Å². The number of benzene rings is 1. The van der Waals surface area contributed by atoms with E-state index in [0.717, 1.165) is 16.4 Å². The van der Waals surface area contributed by atoms with Crippen molar-refractivity contribution in [1.29, 1.82) is 0 Å². The number of ether oxygens (including phenoxy) is 1. The molecule has 0 N–H and O–H groups in total. The van der Waals surface area contributed by atoms with Gasteiger partial charge in [-0.2, -0.15) is 17.5 Å². The number of hydrogen-bond donors (Lipinski definition) is 0. The maximum atomic E-state index is 12.9. The van der Waals surface area contributed by atoms with E-state index in [1.807, 2.05) is 0 Å². The minimum Gasteiger partial charge on any atom is -0.376 e. The Morgan fingerprint density at radius 2 is 1.95 bits per heavy atom. The normalized spacial score (nSPS) is 21.9. The van der Waals surface area contributed by atoms with Crippen LogP contribution in [-0.2, 0) is 20.9 Å². The molecule has 0 spiro atoms. The van der Waals surface area contributed by atoms with Crippen LogP contribution in [0.1, 0.15) is 12.5 Å². The first-order chi connectivity index (χ1) is 9.23. The molecule has 1 aromatic carbocycles. The molecule has 20 heavy (non-hydrogen) atoms. The fourth-order valence-electron chi connectivity index (χ4n) is 2.07. The van der Waals surface area contributed by atoms with Crippen molar-refractivity contribution in [2.24, 2.45) is 0 Å². The summed E-state index contributed by atoms with van der Waals surface area (Å²) in [6.07, 6.45) is -5.04. The smallest absolute Gasteiger partial charge is 0.376 e. The Morgan fingerprint density at radius 3 is 2.55 bits per heavy atom. The van der Waals surface area contributed by atoms with E-state index in [-0.39, 0.29) is 25.8 Å². The number of morpholine rings is 1. The van der Waals surface area contributed by atoms with E-state index in [2.05, 4.69) is 0 Å². The van der Waals surface area contributed by atoms with Gasteiger partial charge in [-0.3, -0.25) is 0 Å². The number of sulfonamides is 1. The highest BCUT2D eigenvalue weighted by Gasteiger charge is 2.39. The summed E-state index contributed by atoms with van der Waals surface area (Å²) in [4.78, 5) is -0.707. The molecule has 0 amide bonds. The Morgan fingerprint density at radius 1 is 1.30 bits per heavy atom. The summed E-state index contributed by atoms with van der Waals surface area (Å²) < 4.78 is 69.7. The summed E-state index contributed by atoms with van der Waals surface area (Å²) in [5, 5.41) is 0. The van der Waals surface area contributed by atoms with Crippen LogP contribution in [0.2, 0.25) is 0 Å². The predicted molar refractivity (Wildman–Crippen MR) is 65.6 cm³/mol. The first kappa shape index (κ1) is 15.3. The van der Waals surface area contributed by atoms with Crippen LogP contribution in [-0.4, -0.2) is 38.5 Å². The highest BCUT2D eigenvalue weighted by molar-refractivity contribution is 7.89. The Bertz CT molecular complexity index is 586. The SMILES string of the molecule is C[C@@H]1CN(S(=O)(=O)c2ccccc2C(F)(F)F)CCO1. The molecular weight excluding hydrogens is 295 g/mol. The molecule has 1 aliphatic heterocycles. The average molecular weight is 309 g/mol. The van der Waals surface area contributed by atoms with Crippen molar-refractivity contribution < 1.29 is 26.3 Å². The molecule has 1 aliphatic rings. The van der Waals surface area contributed by atoms with Gasteiger partial charge in [-0.05, 0) is 19.1 Å². The molecule has 0 saturated carbocycles. The largest absolute Gasteiger partial charge is 0.417 e. The molecule has 4 nitrogen and oxygen atoms in total. The van der Waals surface area contributed by atoms with Crippen molar-refractivity contribution in [2.75, 3.05) is 19.7 Å². The van der Waals surface area contributed by atoms with E-state index in [9.17, 15) is 21.6 Å². The zero-order chi connectivity index (χ0) is 15.0. The van der Waals surface area contributed by atoms with Gasteiger partial charge in [0.15, 0.2) is 0 Å². The second kappa shape index (κ2) is 5.34. The third-order valence-electron chi connectivity index (χ3n) is 3.01. The molecular formula is C12H14F3NO3S. The van der Waals surface area contributed by atoms with Crippen molar-refractivity contribution in [3.8, 4) is 0 Å². The lowest BCUT2D eigenvalue weighted by Crippen LogP contribution is -2.44. The van der Waals surface area contributed by atoms with Gasteiger partial charge < -0.3 is 4.74 Å². The molecule has 1 saturated heterocycles. The Labute approximate surface area is 115 Å². The second-order valence-corrected chi connectivity index (χ2v) is 6.44. The van der Waals surface area contributed by atoms with Crippen molar-refractivity contribution >= 4 is 10.0 Å². The summed E-state index contributed by atoms with van der Waals surface area (Å²) in [5.74, 6) is 0. The fraction of sp³-hybridized carbons (Fsp3) is 0.500. The molecule has 1 heterocycles. The topological polar surface area (TPSA) is 46.6 Å². The minimum atomic E-state index is -4.71. The van der Waals surface area contributed by atoms with Gasteiger partial charge in [-0.1, -0.05) is 12.1 Å². The minimum absolute atomic E-state index is 0.0501. The average Bonchev–Trinajstić information content (AvgIpc) is 2.38. The Hall–Kier alpha value is -1.12. The van der Waals surface area contributed by atoms with Crippen molar-refractivity contribution in [3.05, 3.63) is 29.8 Å². The van der Waals surface area contributed by atoms with Crippen molar-refractivity contribution in [3.63, 3.8) is 0 Å². The van der Waals surface area contributed by atoms with Gasteiger partial charge in [0, 0.05) is 13.1 Å². The van der Waals surface area contributed by atoms with E-state index in [1.54, 1.807) is 6.92 Å². The first-order valence-corrected chi connectivity index (χ1v) is 7.45. The van der Waals surface area contributed by atoms with Crippen LogP contribution >= 0.6 is 0 Å². The number of hydrogen-bond acceptors (Lipinski definition) is 3. The molecule has 0 bridgehead atoms. The fourth-order valence-corrected chi connectivity index (χ4v) is 3.78. The summed E-state index contributed by atoms with van der Waals surface area (Å²) >= 11 is 0.